The zero-order chi connectivity index (χ0) is 17.0. The maximum atomic E-state index is 12.4. The molecule has 0 saturated carbocycles. The largest absolute Gasteiger partial charge is 0.335 e. The first-order valence-electron chi connectivity index (χ1n) is 7.02. The monoisotopic (exact) mass is 342 g/mol. The van der Waals surface area contributed by atoms with Gasteiger partial charge in [-0.3, -0.25) is 0 Å². The number of rotatable bonds is 5. The Morgan fingerprint density at radius 3 is 2.61 bits per heavy atom. The van der Waals surface area contributed by atoms with Crippen LogP contribution in [0.15, 0.2) is 36.7 Å². The predicted molar refractivity (Wildman–Crippen MR) is 85.0 cm³/mol. The summed E-state index contributed by atoms with van der Waals surface area (Å²) in [5, 5.41) is 9.31. The highest BCUT2D eigenvalue weighted by Gasteiger charge is 2.19. The Morgan fingerprint density at radius 2 is 2.00 bits per heavy atom. The van der Waals surface area contributed by atoms with Gasteiger partial charge in [0, 0.05) is 17.0 Å². The summed E-state index contributed by atoms with van der Waals surface area (Å²) >= 11 is 6.15. The molecule has 0 aliphatic rings. The van der Waals surface area contributed by atoms with Crippen LogP contribution in [0.4, 0.5) is 19.3 Å². The number of halogens is 3. The Kier molecular flexibility index (Phi) is 5.54. The molecular weight excluding hydrogens is 326 g/mol. The smallest absolute Gasteiger partial charge is 0.333 e. The number of hydrogen-bond acceptors (Lipinski definition) is 2. The van der Waals surface area contributed by atoms with Crippen LogP contribution in [0.3, 0.4) is 0 Å². The van der Waals surface area contributed by atoms with E-state index in [2.05, 4.69) is 15.7 Å². The molecule has 0 fully saturated rings. The van der Waals surface area contributed by atoms with Crippen molar-refractivity contribution in [2.75, 3.05) is 5.32 Å². The molecule has 2 amide bonds. The fourth-order valence-corrected chi connectivity index (χ4v) is 2.43. The van der Waals surface area contributed by atoms with Crippen molar-refractivity contribution in [1.29, 1.82) is 0 Å². The molecule has 8 heteroatoms. The molecule has 23 heavy (non-hydrogen) atoms. The van der Waals surface area contributed by atoms with Crippen LogP contribution in [0.5, 0.6) is 0 Å². The molecule has 1 heterocycles. The van der Waals surface area contributed by atoms with E-state index in [1.807, 2.05) is 32.0 Å². The molecule has 0 radical (unpaired) electrons. The normalized spacial score (nSPS) is 13.7. The van der Waals surface area contributed by atoms with Gasteiger partial charge in [0.25, 0.3) is 0 Å². The molecule has 0 aliphatic heterocycles. The third-order valence-electron chi connectivity index (χ3n) is 3.56. The molecule has 0 saturated heterocycles. The second kappa shape index (κ2) is 7.41. The lowest BCUT2D eigenvalue weighted by Crippen LogP contribution is -2.39. The first-order valence-corrected chi connectivity index (χ1v) is 7.40. The fourth-order valence-electron chi connectivity index (χ4n) is 2.12. The average Bonchev–Trinajstić information content (AvgIpc) is 2.95. The van der Waals surface area contributed by atoms with E-state index in [4.69, 9.17) is 11.6 Å². The van der Waals surface area contributed by atoms with Crippen LogP contribution in [-0.2, 0) is 0 Å². The number of nitrogens with zero attached hydrogens (tertiary/aromatic N) is 2. The Hall–Kier alpha value is -2.15. The van der Waals surface area contributed by atoms with Crippen LogP contribution in [0.2, 0.25) is 5.02 Å². The molecule has 1 aromatic heterocycles. The lowest BCUT2D eigenvalue weighted by atomic mass is 9.94. The van der Waals surface area contributed by atoms with Gasteiger partial charge in [-0.15, -0.1) is 0 Å². The predicted octanol–water partition coefficient (Wildman–Crippen LogP) is 4.25. The Labute approximate surface area is 137 Å². The molecule has 2 rings (SSSR count). The first kappa shape index (κ1) is 17.2. The Bertz CT molecular complexity index is 677. The lowest BCUT2D eigenvalue weighted by molar-refractivity contribution is 0.0566. The van der Waals surface area contributed by atoms with Crippen LogP contribution in [0.25, 0.3) is 0 Å². The summed E-state index contributed by atoms with van der Waals surface area (Å²) in [6.07, 6.45) is 2.22. The maximum absolute atomic E-state index is 12.4. The highest BCUT2D eigenvalue weighted by molar-refractivity contribution is 6.31. The van der Waals surface area contributed by atoms with E-state index < -0.39 is 12.6 Å². The number of anilines is 1. The van der Waals surface area contributed by atoms with E-state index in [9.17, 15) is 13.6 Å². The summed E-state index contributed by atoms with van der Waals surface area (Å²) < 4.78 is 25.3. The van der Waals surface area contributed by atoms with E-state index in [1.54, 1.807) is 6.07 Å². The van der Waals surface area contributed by atoms with Crippen LogP contribution >= 0.6 is 11.6 Å². The number of hydrogen-bond donors (Lipinski definition) is 2. The molecular formula is C15H17ClF2N4O. The maximum Gasteiger partial charge on any atom is 0.333 e. The van der Waals surface area contributed by atoms with Gasteiger partial charge in [0.15, 0.2) is 0 Å². The van der Waals surface area contributed by atoms with E-state index in [1.165, 1.54) is 0 Å². The number of aromatic nitrogens is 2. The minimum atomic E-state index is -2.74. The second-order valence-corrected chi connectivity index (χ2v) is 5.59. The number of benzene rings is 1. The van der Waals surface area contributed by atoms with E-state index in [0.29, 0.717) is 9.70 Å². The summed E-state index contributed by atoms with van der Waals surface area (Å²) in [5.74, 6) is -0.0155. The van der Waals surface area contributed by atoms with Gasteiger partial charge in [-0.25, -0.2) is 9.48 Å². The van der Waals surface area contributed by atoms with Crippen molar-refractivity contribution < 1.29 is 13.6 Å². The highest BCUT2D eigenvalue weighted by Crippen LogP contribution is 2.26. The van der Waals surface area contributed by atoms with Crippen LogP contribution in [0.1, 0.15) is 31.9 Å². The number of alkyl halides is 2. The quantitative estimate of drug-likeness (QED) is 0.853. The molecule has 2 N–H and O–H groups in total. The summed E-state index contributed by atoms with van der Waals surface area (Å²) in [6.45, 7) is 1.05. The minimum Gasteiger partial charge on any atom is -0.335 e. The van der Waals surface area contributed by atoms with E-state index in [-0.39, 0.29) is 17.6 Å². The van der Waals surface area contributed by atoms with Crippen molar-refractivity contribution in [2.24, 2.45) is 0 Å². The number of carbonyl (C=O) groups is 1. The van der Waals surface area contributed by atoms with Gasteiger partial charge in [0.05, 0.1) is 18.1 Å². The van der Waals surface area contributed by atoms with Crippen LogP contribution < -0.4 is 10.6 Å². The number of nitrogens with one attached hydrogen (secondary N) is 2. The van der Waals surface area contributed by atoms with Gasteiger partial charge in [-0.05, 0) is 18.6 Å². The molecule has 2 atom stereocenters. The highest BCUT2D eigenvalue weighted by atomic mass is 35.5. The number of amides is 2. The molecule has 0 bridgehead atoms. The third-order valence-corrected chi connectivity index (χ3v) is 3.91. The second-order valence-electron chi connectivity index (χ2n) is 5.18. The van der Waals surface area contributed by atoms with Crippen molar-refractivity contribution in [3.63, 3.8) is 0 Å². The molecule has 124 valence electrons. The van der Waals surface area contributed by atoms with Gasteiger partial charge in [-0.2, -0.15) is 13.9 Å². The van der Waals surface area contributed by atoms with Crippen molar-refractivity contribution in [3.05, 3.63) is 47.2 Å². The van der Waals surface area contributed by atoms with Crippen molar-refractivity contribution in [3.8, 4) is 0 Å². The topological polar surface area (TPSA) is 59.0 Å². The van der Waals surface area contributed by atoms with Crippen molar-refractivity contribution >= 4 is 23.3 Å². The molecule has 2 aromatic rings. The fraction of sp³-hybridized carbons (Fsp3) is 0.333. The van der Waals surface area contributed by atoms with E-state index in [0.717, 1.165) is 18.0 Å². The van der Waals surface area contributed by atoms with Gasteiger partial charge in [-0.1, -0.05) is 36.7 Å². The van der Waals surface area contributed by atoms with E-state index >= 15 is 0 Å². The number of urea groups is 1. The summed E-state index contributed by atoms with van der Waals surface area (Å²) in [5.41, 5.74) is 1.12. The first-order chi connectivity index (χ1) is 10.9. The Balaban J connectivity index is 1.95. The average molecular weight is 343 g/mol. The molecule has 5 nitrogen and oxygen atoms in total. The zero-order valence-electron chi connectivity index (χ0n) is 12.6. The summed E-state index contributed by atoms with van der Waals surface area (Å²) in [6, 6.07) is 6.70. The molecule has 1 aromatic carbocycles. The Morgan fingerprint density at radius 1 is 1.30 bits per heavy atom. The molecule has 0 aliphatic carbocycles. The standard InChI is InChI=1S/C15H17ClF2N4O/c1-9(12-5-3-4-6-13(12)16)10(2)20-15(23)21-11-7-19-22(8-11)14(17)18/h3-10,14H,1-2H3,(H2,20,21,23). The summed E-state index contributed by atoms with van der Waals surface area (Å²) in [7, 11) is 0. The van der Waals surface area contributed by atoms with Crippen LogP contribution in [-0.4, -0.2) is 21.9 Å². The number of carbonyl (C=O) groups excluding carboxylic acids is 1. The zero-order valence-corrected chi connectivity index (χ0v) is 13.4. The molecule has 2 unspecified atom stereocenters. The van der Waals surface area contributed by atoms with Crippen molar-refractivity contribution in [2.45, 2.75) is 32.4 Å². The summed E-state index contributed by atoms with van der Waals surface area (Å²) in [4.78, 5) is 11.9. The van der Waals surface area contributed by atoms with Crippen molar-refractivity contribution in [1.82, 2.24) is 15.1 Å². The van der Waals surface area contributed by atoms with Gasteiger partial charge in [0.1, 0.15) is 0 Å². The van der Waals surface area contributed by atoms with Gasteiger partial charge >= 0.3 is 12.6 Å². The van der Waals surface area contributed by atoms with Crippen LogP contribution in [0, 0.1) is 0 Å². The minimum absolute atomic E-state index is 0.0155. The van der Waals surface area contributed by atoms with Gasteiger partial charge in [0.2, 0.25) is 0 Å². The third kappa shape index (κ3) is 4.41. The lowest BCUT2D eigenvalue weighted by Gasteiger charge is -2.22. The molecule has 0 spiro atoms. The van der Waals surface area contributed by atoms with Gasteiger partial charge < -0.3 is 10.6 Å². The SMILES string of the molecule is CC(NC(=O)Nc1cnn(C(F)F)c1)C(C)c1ccccc1Cl.